The van der Waals surface area contributed by atoms with Gasteiger partial charge in [-0.2, -0.15) is 0 Å². The third-order valence-electron chi connectivity index (χ3n) is 4.34. The fourth-order valence-corrected chi connectivity index (χ4v) is 3.17. The van der Waals surface area contributed by atoms with Crippen LogP contribution in [0.5, 0.6) is 0 Å². The maximum atomic E-state index is 13.5. The van der Waals surface area contributed by atoms with E-state index in [0.29, 0.717) is 18.2 Å². The van der Waals surface area contributed by atoms with Crippen molar-refractivity contribution in [2.24, 2.45) is 0 Å². The van der Waals surface area contributed by atoms with Gasteiger partial charge in [0.1, 0.15) is 17.8 Å². The number of nitrogens with zero attached hydrogens (tertiary/aromatic N) is 2. The van der Waals surface area contributed by atoms with E-state index >= 15 is 0 Å². The van der Waals surface area contributed by atoms with Crippen LogP contribution in [0.1, 0.15) is 37.4 Å². The Balaban J connectivity index is 1.82. The quantitative estimate of drug-likeness (QED) is 0.727. The Bertz CT molecular complexity index is 804. The Kier molecular flexibility index (Phi) is 2.87. The molecule has 1 fully saturated rings. The Morgan fingerprint density at radius 1 is 1.14 bits per heavy atom. The van der Waals surface area contributed by atoms with E-state index < -0.39 is 6.17 Å². The van der Waals surface area contributed by atoms with Crippen LogP contribution in [0.4, 0.5) is 8.78 Å². The van der Waals surface area contributed by atoms with Gasteiger partial charge in [0.05, 0.1) is 22.7 Å². The molecule has 1 saturated carbocycles. The molecule has 1 N–H and O–H groups in total. The van der Waals surface area contributed by atoms with Crippen LogP contribution in [0.25, 0.3) is 21.9 Å². The zero-order valence-electron chi connectivity index (χ0n) is 11.4. The molecule has 0 bridgehead atoms. The molecule has 2 heterocycles. The van der Waals surface area contributed by atoms with E-state index in [1.165, 1.54) is 12.1 Å². The predicted molar refractivity (Wildman–Crippen MR) is 77.5 cm³/mol. The summed E-state index contributed by atoms with van der Waals surface area (Å²) >= 11 is 0. The molecule has 0 spiro atoms. The second-order valence-corrected chi connectivity index (χ2v) is 5.75. The van der Waals surface area contributed by atoms with Crippen LogP contribution in [0, 0.1) is 5.82 Å². The number of rotatable bonds is 1. The smallest absolute Gasteiger partial charge is 0.124 e. The van der Waals surface area contributed by atoms with Gasteiger partial charge in [-0.15, -0.1) is 0 Å². The van der Waals surface area contributed by atoms with Crippen LogP contribution < -0.4 is 0 Å². The standard InChI is InChI=1S/C16H15F2N3/c17-10-3-1-9(2-4-10)16-20-14-8-19-13-6-5-11(18)7-12(13)15(14)21-16/h5-10H,1-4H2,(H,20,21). The normalized spacial score (nSPS) is 23.0. The number of imidazole rings is 1. The van der Waals surface area contributed by atoms with Crippen molar-refractivity contribution >= 4 is 21.9 Å². The first-order valence-corrected chi connectivity index (χ1v) is 7.28. The van der Waals surface area contributed by atoms with E-state index in [4.69, 9.17) is 0 Å². The van der Waals surface area contributed by atoms with Crippen LogP contribution in [0.15, 0.2) is 24.4 Å². The van der Waals surface area contributed by atoms with Crippen molar-refractivity contribution in [1.29, 1.82) is 0 Å². The fourth-order valence-electron chi connectivity index (χ4n) is 3.17. The minimum Gasteiger partial charge on any atom is -0.340 e. The molecular weight excluding hydrogens is 272 g/mol. The van der Waals surface area contributed by atoms with Crippen molar-refractivity contribution in [3.63, 3.8) is 0 Å². The molecular formula is C16H15F2N3. The number of aromatic amines is 1. The summed E-state index contributed by atoms with van der Waals surface area (Å²) in [6, 6.07) is 4.53. The summed E-state index contributed by atoms with van der Waals surface area (Å²) < 4.78 is 26.7. The predicted octanol–water partition coefficient (Wildman–Crippen LogP) is 4.25. The number of benzene rings is 1. The van der Waals surface area contributed by atoms with Gasteiger partial charge in [-0.05, 0) is 43.9 Å². The SMILES string of the molecule is Fc1ccc2ncc3[nH]c(C4CCC(F)CC4)nc3c2c1. The van der Waals surface area contributed by atoms with Crippen LogP contribution >= 0.6 is 0 Å². The number of pyridine rings is 1. The number of alkyl halides is 1. The molecule has 3 aromatic rings. The van der Waals surface area contributed by atoms with E-state index in [2.05, 4.69) is 15.0 Å². The van der Waals surface area contributed by atoms with Crippen LogP contribution in [-0.4, -0.2) is 21.1 Å². The maximum Gasteiger partial charge on any atom is 0.124 e. The summed E-state index contributed by atoms with van der Waals surface area (Å²) in [7, 11) is 0. The van der Waals surface area contributed by atoms with Gasteiger partial charge < -0.3 is 4.98 Å². The third kappa shape index (κ3) is 2.17. The van der Waals surface area contributed by atoms with Crippen molar-refractivity contribution in [1.82, 2.24) is 15.0 Å². The van der Waals surface area contributed by atoms with Crippen molar-refractivity contribution in [2.45, 2.75) is 37.8 Å². The lowest BCUT2D eigenvalue weighted by molar-refractivity contribution is 0.232. The molecule has 1 aliphatic carbocycles. The molecule has 4 rings (SSSR count). The molecule has 1 aliphatic rings. The zero-order valence-corrected chi connectivity index (χ0v) is 11.4. The topological polar surface area (TPSA) is 41.6 Å². The Hall–Kier alpha value is -2.04. The van der Waals surface area contributed by atoms with Gasteiger partial charge in [-0.1, -0.05) is 0 Å². The summed E-state index contributed by atoms with van der Waals surface area (Å²) in [6.45, 7) is 0. The van der Waals surface area contributed by atoms with Gasteiger partial charge in [0.2, 0.25) is 0 Å². The third-order valence-corrected chi connectivity index (χ3v) is 4.34. The number of hydrogen-bond donors (Lipinski definition) is 1. The Morgan fingerprint density at radius 2 is 1.95 bits per heavy atom. The number of hydrogen-bond acceptors (Lipinski definition) is 2. The fraction of sp³-hybridized carbons (Fsp3) is 0.375. The number of nitrogens with one attached hydrogen (secondary N) is 1. The highest BCUT2D eigenvalue weighted by atomic mass is 19.1. The second-order valence-electron chi connectivity index (χ2n) is 5.75. The van der Waals surface area contributed by atoms with Crippen molar-refractivity contribution in [3.8, 4) is 0 Å². The van der Waals surface area contributed by atoms with Gasteiger partial charge in [0, 0.05) is 11.3 Å². The first kappa shape index (κ1) is 12.7. The van der Waals surface area contributed by atoms with Crippen LogP contribution in [-0.2, 0) is 0 Å². The average Bonchev–Trinajstić information content (AvgIpc) is 2.92. The molecule has 108 valence electrons. The maximum absolute atomic E-state index is 13.5. The largest absolute Gasteiger partial charge is 0.340 e. The van der Waals surface area contributed by atoms with Gasteiger partial charge >= 0.3 is 0 Å². The van der Waals surface area contributed by atoms with E-state index in [0.717, 1.165) is 35.2 Å². The highest BCUT2D eigenvalue weighted by Crippen LogP contribution is 2.34. The molecule has 0 unspecified atom stereocenters. The van der Waals surface area contributed by atoms with Gasteiger partial charge in [0.25, 0.3) is 0 Å². The highest BCUT2D eigenvalue weighted by Gasteiger charge is 2.24. The summed E-state index contributed by atoms with van der Waals surface area (Å²) in [5.41, 5.74) is 2.29. The first-order valence-electron chi connectivity index (χ1n) is 7.28. The van der Waals surface area contributed by atoms with Gasteiger partial charge in [-0.25, -0.2) is 13.8 Å². The van der Waals surface area contributed by atoms with Crippen LogP contribution in [0.2, 0.25) is 0 Å². The molecule has 0 aliphatic heterocycles. The molecule has 1 aromatic carbocycles. The monoisotopic (exact) mass is 287 g/mol. The van der Waals surface area contributed by atoms with Crippen molar-refractivity contribution < 1.29 is 8.78 Å². The molecule has 0 saturated heterocycles. The minimum atomic E-state index is -0.678. The molecule has 0 radical (unpaired) electrons. The summed E-state index contributed by atoms with van der Waals surface area (Å²) in [5, 5.41) is 0.717. The summed E-state index contributed by atoms with van der Waals surface area (Å²) in [6.07, 6.45) is 3.85. The Labute approximate surface area is 120 Å². The Morgan fingerprint density at radius 3 is 2.76 bits per heavy atom. The lowest BCUT2D eigenvalue weighted by Gasteiger charge is -2.22. The van der Waals surface area contributed by atoms with Gasteiger partial charge in [0.15, 0.2) is 0 Å². The van der Waals surface area contributed by atoms with Crippen molar-refractivity contribution in [3.05, 3.63) is 36.0 Å². The van der Waals surface area contributed by atoms with E-state index in [1.54, 1.807) is 12.3 Å². The van der Waals surface area contributed by atoms with E-state index in [1.807, 2.05) is 0 Å². The summed E-state index contributed by atoms with van der Waals surface area (Å²) in [4.78, 5) is 12.2. The van der Waals surface area contributed by atoms with Crippen LogP contribution in [0.3, 0.4) is 0 Å². The number of halogens is 2. The van der Waals surface area contributed by atoms with E-state index in [-0.39, 0.29) is 11.7 Å². The molecule has 5 heteroatoms. The molecule has 0 atom stereocenters. The molecule has 21 heavy (non-hydrogen) atoms. The minimum absolute atomic E-state index is 0.257. The second kappa shape index (κ2) is 4.76. The lowest BCUT2D eigenvalue weighted by Crippen LogP contribution is -2.14. The van der Waals surface area contributed by atoms with E-state index in [9.17, 15) is 8.78 Å². The van der Waals surface area contributed by atoms with Gasteiger partial charge in [-0.3, -0.25) is 4.98 Å². The molecule has 0 amide bonds. The average molecular weight is 287 g/mol. The number of H-pyrrole nitrogens is 1. The summed E-state index contributed by atoms with van der Waals surface area (Å²) in [5.74, 6) is 0.836. The lowest BCUT2D eigenvalue weighted by atomic mass is 9.88. The molecule has 2 aromatic heterocycles. The highest BCUT2D eigenvalue weighted by molar-refractivity contribution is 6.01. The molecule has 3 nitrogen and oxygen atoms in total. The number of fused-ring (bicyclic) bond motifs is 3. The zero-order chi connectivity index (χ0) is 14.4. The first-order chi connectivity index (χ1) is 10.2. The number of aromatic nitrogens is 3. The van der Waals surface area contributed by atoms with Crippen molar-refractivity contribution in [2.75, 3.05) is 0 Å².